The zero-order valence-electron chi connectivity index (χ0n) is 12.9. The van der Waals surface area contributed by atoms with Crippen LogP contribution in [0, 0.1) is 0 Å². The monoisotopic (exact) mass is 353 g/mol. The van der Waals surface area contributed by atoms with Crippen molar-refractivity contribution in [3.8, 4) is 5.69 Å². The normalized spacial score (nSPS) is 10.9. The number of rotatable bonds is 4. The van der Waals surface area contributed by atoms with Crippen LogP contribution in [0.5, 0.6) is 0 Å². The second kappa shape index (κ2) is 6.33. The summed E-state index contributed by atoms with van der Waals surface area (Å²) in [5.41, 5.74) is 2.74. The number of fused-ring (bicyclic) bond motifs is 1. The summed E-state index contributed by atoms with van der Waals surface area (Å²) in [6.45, 7) is 0.313. The van der Waals surface area contributed by atoms with E-state index in [2.05, 4.69) is 25.8 Å². The Labute approximate surface area is 147 Å². The van der Waals surface area contributed by atoms with Crippen LogP contribution < -0.4 is 5.32 Å². The van der Waals surface area contributed by atoms with Crippen molar-refractivity contribution in [1.82, 2.24) is 34.9 Å². The first-order chi connectivity index (χ1) is 12.2. The minimum atomic E-state index is -0.204. The molecular formula is C16H12ClN7O. The number of pyridine rings is 1. The van der Waals surface area contributed by atoms with Gasteiger partial charge in [0.1, 0.15) is 12.0 Å². The van der Waals surface area contributed by atoms with Gasteiger partial charge in [0, 0.05) is 18.0 Å². The Morgan fingerprint density at radius 3 is 2.96 bits per heavy atom. The number of tetrazole rings is 1. The van der Waals surface area contributed by atoms with E-state index in [1.54, 1.807) is 30.5 Å². The third-order valence-electron chi connectivity index (χ3n) is 3.62. The number of carbonyl (C=O) groups excluding carboxylic acids is 1. The average molecular weight is 354 g/mol. The molecule has 0 aliphatic carbocycles. The van der Waals surface area contributed by atoms with Crippen LogP contribution in [0.1, 0.15) is 16.1 Å². The lowest BCUT2D eigenvalue weighted by Gasteiger charge is -2.05. The summed E-state index contributed by atoms with van der Waals surface area (Å²) >= 11 is 5.96. The molecule has 124 valence electrons. The van der Waals surface area contributed by atoms with Crippen molar-refractivity contribution in [3.63, 3.8) is 0 Å². The smallest absolute Gasteiger partial charge is 0.251 e. The summed E-state index contributed by atoms with van der Waals surface area (Å²) in [4.78, 5) is 16.8. The van der Waals surface area contributed by atoms with Gasteiger partial charge in [0.25, 0.3) is 5.91 Å². The van der Waals surface area contributed by atoms with E-state index in [9.17, 15) is 4.79 Å². The van der Waals surface area contributed by atoms with Gasteiger partial charge in [-0.2, -0.15) is 0 Å². The molecule has 8 nitrogen and oxygen atoms in total. The van der Waals surface area contributed by atoms with Gasteiger partial charge in [-0.3, -0.25) is 4.79 Å². The molecule has 3 heterocycles. The molecule has 4 aromatic rings. The molecule has 0 bridgehead atoms. The lowest BCUT2D eigenvalue weighted by atomic mass is 10.2. The predicted molar refractivity (Wildman–Crippen MR) is 90.5 cm³/mol. The largest absolute Gasteiger partial charge is 0.346 e. The Balaban J connectivity index is 1.49. The maximum Gasteiger partial charge on any atom is 0.251 e. The molecule has 25 heavy (non-hydrogen) atoms. The zero-order valence-corrected chi connectivity index (χ0v) is 13.6. The Hall–Kier alpha value is -3.26. The van der Waals surface area contributed by atoms with E-state index < -0.39 is 0 Å². The zero-order chi connectivity index (χ0) is 17.2. The molecule has 0 fully saturated rings. The molecule has 0 aliphatic rings. The molecule has 0 spiro atoms. The summed E-state index contributed by atoms with van der Waals surface area (Å²) in [7, 11) is 0. The van der Waals surface area contributed by atoms with E-state index in [1.807, 2.05) is 22.7 Å². The maximum atomic E-state index is 12.4. The van der Waals surface area contributed by atoms with Crippen LogP contribution in [0.3, 0.4) is 0 Å². The Morgan fingerprint density at radius 2 is 2.12 bits per heavy atom. The molecular weight excluding hydrogens is 342 g/mol. The van der Waals surface area contributed by atoms with Crippen molar-refractivity contribution in [2.24, 2.45) is 0 Å². The minimum absolute atomic E-state index is 0.204. The van der Waals surface area contributed by atoms with Crippen molar-refractivity contribution >= 4 is 23.2 Å². The molecule has 3 aromatic heterocycles. The Kier molecular flexibility index (Phi) is 3.87. The molecule has 0 radical (unpaired) electrons. The van der Waals surface area contributed by atoms with Gasteiger partial charge in [-0.1, -0.05) is 17.7 Å². The molecule has 0 saturated carbocycles. The highest BCUT2D eigenvalue weighted by Gasteiger charge is 2.09. The fourth-order valence-electron chi connectivity index (χ4n) is 2.44. The number of hydrogen-bond acceptors (Lipinski definition) is 5. The summed E-state index contributed by atoms with van der Waals surface area (Å²) in [5.74, 6) is -0.204. The standard InChI is InChI=1S/C16H12ClN7O/c17-12-4-5-15-20-13(9-23(15)8-12)7-18-16(25)11-2-1-3-14(6-11)24-10-19-21-22-24/h1-6,8-10H,7H2,(H,18,25). The number of aromatic nitrogens is 6. The van der Waals surface area contributed by atoms with Crippen molar-refractivity contribution in [1.29, 1.82) is 0 Å². The van der Waals surface area contributed by atoms with Crippen LogP contribution in [0.15, 0.2) is 55.1 Å². The molecule has 0 saturated heterocycles. The summed E-state index contributed by atoms with van der Waals surface area (Å²) in [6, 6.07) is 10.6. The lowest BCUT2D eigenvalue weighted by molar-refractivity contribution is 0.0950. The second-order valence-electron chi connectivity index (χ2n) is 5.33. The molecule has 0 atom stereocenters. The van der Waals surface area contributed by atoms with Crippen LogP contribution in [-0.4, -0.2) is 35.5 Å². The van der Waals surface area contributed by atoms with E-state index in [0.29, 0.717) is 22.8 Å². The highest BCUT2D eigenvalue weighted by molar-refractivity contribution is 6.30. The topological polar surface area (TPSA) is 90.0 Å². The van der Waals surface area contributed by atoms with Crippen LogP contribution in [0.2, 0.25) is 5.02 Å². The SMILES string of the molecule is O=C(NCc1cn2cc(Cl)ccc2n1)c1cccc(-n2cnnn2)c1. The lowest BCUT2D eigenvalue weighted by Crippen LogP contribution is -2.23. The van der Waals surface area contributed by atoms with E-state index in [0.717, 1.165) is 11.3 Å². The highest BCUT2D eigenvalue weighted by atomic mass is 35.5. The first-order valence-electron chi connectivity index (χ1n) is 7.44. The van der Waals surface area contributed by atoms with Gasteiger partial charge in [0.2, 0.25) is 0 Å². The predicted octanol–water partition coefficient (Wildman–Crippen LogP) is 1.89. The van der Waals surface area contributed by atoms with Gasteiger partial charge in [0.15, 0.2) is 0 Å². The number of carbonyl (C=O) groups is 1. The second-order valence-corrected chi connectivity index (χ2v) is 5.77. The van der Waals surface area contributed by atoms with Gasteiger partial charge in [-0.15, -0.1) is 5.10 Å². The number of imidazole rings is 1. The van der Waals surface area contributed by atoms with Gasteiger partial charge in [0.05, 0.1) is 22.9 Å². The highest BCUT2D eigenvalue weighted by Crippen LogP contribution is 2.12. The van der Waals surface area contributed by atoms with Gasteiger partial charge in [-0.05, 0) is 40.8 Å². The van der Waals surface area contributed by atoms with Crippen LogP contribution in [-0.2, 0) is 6.54 Å². The summed E-state index contributed by atoms with van der Waals surface area (Å²) < 4.78 is 3.31. The molecule has 1 N–H and O–H groups in total. The number of nitrogens with one attached hydrogen (secondary N) is 1. The quantitative estimate of drug-likeness (QED) is 0.605. The van der Waals surface area contributed by atoms with E-state index in [-0.39, 0.29) is 5.91 Å². The molecule has 0 aliphatic heterocycles. The first-order valence-corrected chi connectivity index (χ1v) is 7.81. The first kappa shape index (κ1) is 15.3. The number of halogens is 1. The minimum Gasteiger partial charge on any atom is -0.346 e. The van der Waals surface area contributed by atoms with Gasteiger partial charge in [-0.25, -0.2) is 9.67 Å². The molecule has 4 rings (SSSR count). The molecule has 1 amide bonds. The van der Waals surface area contributed by atoms with Crippen molar-refractivity contribution in [2.75, 3.05) is 0 Å². The fraction of sp³-hybridized carbons (Fsp3) is 0.0625. The third-order valence-corrected chi connectivity index (χ3v) is 3.84. The average Bonchev–Trinajstić information content (AvgIpc) is 3.29. The Bertz CT molecular complexity index is 1040. The third kappa shape index (κ3) is 3.20. The van der Waals surface area contributed by atoms with E-state index >= 15 is 0 Å². The van der Waals surface area contributed by atoms with Gasteiger partial charge >= 0.3 is 0 Å². The van der Waals surface area contributed by atoms with Gasteiger partial charge < -0.3 is 9.72 Å². The number of amides is 1. The van der Waals surface area contributed by atoms with Crippen LogP contribution in [0.4, 0.5) is 0 Å². The number of benzene rings is 1. The number of nitrogens with zero attached hydrogens (tertiary/aromatic N) is 6. The maximum absolute atomic E-state index is 12.4. The van der Waals surface area contributed by atoms with Crippen LogP contribution >= 0.6 is 11.6 Å². The van der Waals surface area contributed by atoms with E-state index in [1.165, 1.54) is 11.0 Å². The molecule has 1 aromatic carbocycles. The molecule has 9 heteroatoms. The summed E-state index contributed by atoms with van der Waals surface area (Å²) in [6.07, 6.45) is 5.07. The van der Waals surface area contributed by atoms with E-state index in [4.69, 9.17) is 11.6 Å². The number of hydrogen-bond donors (Lipinski definition) is 1. The van der Waals surface area contributed by atoms with Crippen molar-refractivity contribution in [2.45, 2.75) is 6.54 Å². The van der Waals surface area contributed by atoms with Crippen LogP contribution in [0.25, 0.3) is 11.3 Å². The summed E-state index contributed by atoms with van der Waals surface area (Å²) in [5, 5.41) is 14.5. The molecule has 0 unspecified atom stereocenters. The fourth-order valence-corrected chi connectivity index (χ4v) is 2.61. The van der Waals surface area contributed by atoms with Crippen molar-refractivity contribution < 1.29 is 4.79 Å². The Morgan fingerprint density at radius 1 is 1.20 bits per heavy atom. The van der Waals surface area contributed by atoms with Crippen molar-refractivity contribution in [3.05, 3.63) is 71.4 Å².